The fraction of sp³-hybridized carbons (Fsp3) is 0.667. The molecule has 0 spiro atoms. The van der Waals surface area contributed by atoms with E-state index in [1.807, 2.05) is 0 Å². The summed E-state index contributed by atoms with van der Waals surface area (Å²) in [6.45, 7) is 0. The van der Waals surface area contributed by atoms with Crippen LogP contribution < -0.4 is 0 Å². The number of aliphatic hydroxyl groups is 1. The van der Waals surface area contributed by atoms with Gasteiger partial charge in [-0.1, -0.05) is 17.7 Å². The van der Waals surface area contributed by atoms with Crippen molar-refractivity contribution in [3.8, 4) is 0 Å². The van der Waals surface area contributed by atoms with E-state index in [1.165, 1.54) is 0 Å². The highest BCUT2D eigenvalue weighted by Crippen LogP contribution is 2.18. The molecule has 1 N–H and O–H groups in total. The predicted molar refractivity (Wildman–Crippen MR) is 50.8 cm³/mol. The smallest absolute Gasteiger partial charge is 0.133 e. The lowest BCUT2D eigenvalue weighted by molar-refractivity contribution is 0.191. The Morgan fingerprint density at radius 2 is 2.00 bits per heavy atom. The molecule has 1 nitrogen and oxygen atoms in total. The largest absolute Gasteiger partial charge is 0.390 e. The van der Waals surface area contributed by atoms with Crippen LogP contribution in [0, 0.1) is 0 Å². The summed E-state index contributed by atoms with van der Waals surface area (Å²) in [6.07, 6.45) is 0.999. The quantitative estimate of drug-likeness (QED) is 0.746. The van der Waals surface area contributed by atoms with Gasteiger partial charge in [-0.15, -0.1) is 34.8 Å². The summed E-state index contributed by atoms with van der Waals surface area (Å²) < 4.78 is 0. The minimum atomic E-state index is -0.828. The Kier molecular flexibility index (Phi) is 6.88. The van der Waals surface area contributed by atoms with Crippen LogP contribution in [0.5, 0.6) is 0 Å². The lowest BCUT2D eigenvalue weighted by atomic mass is 10.2. The van der Waals surface area contributed by atoms with Crippen molar-refractivity contribution in [2.45, 2.75) is 17.4 Å². The average Bonchev–Trinajstić information content (AvgIpc) is 1.87. The lowest BCUT2D eigenvalue weighted by Gasteiger charge is -2.09. The summed E-state index contributed by atoms with van der Waals surface area (Å²) in [5, 5.41) is 9.56. The third-order valence-electron chi connectivity index (χ3n) is 0.994. The van der Waals surface area contributed by atoms with Crippen LogP contribution in [0.1, 0.15) is 6.42 Å². The topological polar surface area (TPSA) is 20.2 Å². The fourth-order valence-corrected chi connectivity index (χ4v) is 1.13. The molecule has 5 heteroatoms. The Bertz CT molecular complexity index is 135. The molecule has 0 aliphatic carbocycles. The molecule has 0 fully saturated rings. The highest BCUT2D eigenvalue weighted by atomic mass is 35.5. The Labute approximate surface area is 85.9 Å². The molecule has 1 atom stereocenters. The Morgan fingerprint density at radius 1 is 1.45 bits per heavy atom. The highest BCUT2D eigenvalue weighted by molar-refractivity contribution is 6.44. The summed E-state index contributed by atoms with van der Waals surface area (Å²) in [4.78, 5) is -0.813. The molecule has 11 heavy (non-hydrogen) atoms. The molecule has 0 saturated carbocycles. The van der Waals surface area contributed by atoms with Crippen molar-refractivity contribution >= 4 is 46.4 Å². The van der Waals surface area contributed by atoms with Gasteiger partial charge in [-0.2, -0.15) is 0 Å². The van der Waals surface area contributed by atoms with Crippen LogP contribution in [0.4, 0.5) is 0 Å². The van der Waals surface area contributed by atoms with Gasteiger partial charge < -0.3 is 5.11 Å². The second-order valence-electron chi connectivity index (χ2n) is 1.91. The van der Waals surface area contributed by atoms with E-state index in [2.05, 4.69) is 0 Å². The van der Waals surface area contributed by atoms with Gasteiger partial charge in [-0.25, -0.2) is 0 Å². The van der Waals surface area contributed by atoms with E-state index in [0.29, 0.717) is 10.9 Å². The first-order valence-corrected chi connectivity index (χ1v) is 4.73. The van der Waals surface area contributed by atoms with E-state index >= 15 is 0 Å². The van der Waals surface area contributed by atoms with Gasteiger partial charge in [0.05, 0.1) is 6.10 Å². The summed E-state index contributed by atoms with van der Waals surface area (Å²) in [6, 6.07) is 0. The molecular formula is C6H8Cl4O. The van der Waals surface area contributed by atoms with Crippen LogP contribution in [0.3, 0.4) is 0 Å². The predicted octanol–water partition coefficient (Wildman–Crippen LogP) is 2.90. The first-order valence-electron chi connectivity index (χ1n) is 2.94. The molecule has 0 rings (SSSR count). The number of alkyl halides is 3. The maximum Gasteiger partial charge on any atom is 0.133 e. The van der Waals surface area contributed by atoms with Crippen LogP contribution in [-0.4, -0.2) is 21.9 Å². The van der Waals surface area contributed by atoms with Crippen molar-refractivity contribution < 1.29 is 5.11 Å². The van der Waals surface area contributed by atoms with Gasteiger partial charge in [0, 0.05) is 17.3 Å². The molecule has 66 valence electrons. The molecule has 0 aromatic rings. The summed E-state index contributed by atoms with van der Waals surface area (Å²) in [5.41, 5.74) is 0. The minimum absolute atomic E-state index is 0.242. The van der Waals surface area contributed by atoms with Crippen molar-refractivity contribution in [2.24, 2.45) is 0 Å². The van der Waals surface area contributed by atoms with Crippen molar-refractivity contribution in [2.75, 3.05) is 5.88 Å². The van der Waals surface area contributed by atoms with E-state index in [-0.39, 0.29) is 6.42 Å². The molecule has 0 aromatic carbocycles. The first-order chi connectivity index (χ1) is 5.07. The van der Waals surface area contributed by atoms with Gasteiger partial charge in [0.15, 0.2) is 0 Å². The molecule has 0 aromatic heterocycles. The number of aliphatic hydroxyl groups excluding tert-OH is 1. The zero-order valence-electron chi connectivity index (χ0n) is 5.61. The lowest BCUT2D eigenvalue weighted by Crippen LogP contribution is -2.15. The van der Waals surface area contributed by atoms with Gasteiger partial charge in [0.1, 0.15) is 4.84 Å². The van der Waals surface area contributed by atoms with E-state index < -0.39 is 10.9 Å². The van der Waals surface area contributed by atoms with Crippen LogP contribution in [0.15, 0.2) is 11.1 Å². The third-order valence-corrected chi connectivity index (χ3v) is 2.04. The maximum absolute atomic E-state index is 9.09. The van der Waals surface area contributed by atoms with Gasteiger partial charge in [0.2, 0.25) is 0 Å². The first kappa shape index (κ1) is 11.9. The van der Waals surface area contributed by atoms with Gasteiger partial charge in [0.25, 0.3) is 0 Å². The Hall–Kier alpha value is 0.860. The molecule has 0 aliphatic heterocycles. The molecule has 0 aliphatic rings. The number of halogens is 4. The van der Waals surface area contributed by atoms with E-state index in [1.54, 1.807) is 6.08 Å². The number of hydrogen-bond acceptors (Lipinski definition) is 1. The summed E-state index contributed by atoms with van der Waals surface area (Å²) in [5.74, 6) is 0.320. The molecule has 0 bridgehead atoms. The van der Waals surface area contributed by atoms with Gasteiger partial charge in [-0.3, -0.25) is 0 Å². The molecule has 0 radical (unpaired) electrons. The average molecular weight is 238 g/mol. The number of rotatable bonds is 4. The van der Waals surface area contributed by atoms with E-state index in [9.17, 15) is 0 Å². The molecule has 0 heterocycles. The SMILES string of the molecule is OC(CC(Cl)=CCCl)C(Cl)Cl. The zero-order chi connectivity index (χ0) is 8.85. The van der Waals surface area contributed by atoms with Gasteiger partial charge in [-0.05, 0) is 0 Å². The van der Waals surface area contributed by atoms with E-state index in [4.69, 9.17) is 51.5 Å². The zero-order valence-corrected chi connectivity index (χ0v) is 8.63. The molecule has 1 unspecified atom stereocenters. The molecular weight excluding hydrogens is 230 g/mol. The second kappa shape index (κ2) is 6.38. The number of hydrogen-bond donors (Lipinski definition) is 1. The van der Waals surface area contributed by atoms with E-state index in [0.717, 1.165) is 0 Å². The standard InChI is InChI=1S/C6H8Cl4O/c7-2-1-4(8)3-5(11)6(9)10/h1,5-6,11H,2-3H2. The fourth-order valence-electron chi connectivity index (χ4n) is 0.456. The normalized spacial score (nSPS) is 15.6. The molecule has 0 saturated heterocycles. The minimum Gasteiger partial charge on any atom is -0.390 e. The van der Waals surface area contributed by atoms with Crippen LogP contribution in [-0.2, 0) is 0 Å². The number of allylic oxidation sites excluding steroid dienone is 1. The second-order valence-corrected chi connectivity index (χ2v) is 3.87. The Morgan fingerprint density at radius 3 is 2.36 bits per heavy atom. The maximum atomic E-state index is 9.09. The van der Waals surface area contributed by atoms with Crippen LogP contribution in [0.2, 0.25) is 0 Å². The monoisotopic (exact) mass is 236 g/mol. The van der Waals surface area contributed by atoms with Crippen molar-refractivity contribution in [1.82, 2.24) is 0 Å². The Balaban J connectivity index is 3.75. The van der Waals surface area contributed by atoms with Crippen molar-refractivity contribution in [1.29, 1.82) is 0 Å². The molecule has 0 amide bonds. The summed E-state index contributed by atoms with van der Waals surface area (Å²) >= 11 is 21.7. The highest BCUT2D eigenvalue weighted by Gasteiger charge is 2.13. The third kappa shape index (κ3) is 6.06. The van der Waals surface area contributed by atoms with Crippen LogP contribution >= 0.6 is 46.4 Å². The van der Waals surface area contributed by atoms with Crippen molar-refractivity contribution in [3.05, 3.63) is 11.1 Å². The van der Waals surface area contributed by atoms with Crippen LogP contribution in [0.25, 0.3) is 0 Å². The summed E-state index contributed by atoms with van der Waals surface area (Å²) in [7, 11) is 0. The van der Waals surface area contributed by atoms with Gasteiger partial charge >= 0.3 is 0 Å². The van der Waals surface area contributed by atoms with Crippen molar-refractivity contribution in [3.63, 3.8) is 0 Å².